The fourth-order valence-corrected chi connectivity index (χ4v) is 2.29. The van der Waals surface area contributed by atoms with Crippen molar-refractivity contribution in [3.05, 3.63) is 54.1 Å². The van der Waals surface area contributed by atoms with Gasteiger partial charge in [-0.15, -0.1) is 0 Å². The van der Waals surface area contributed by atoms with Crippen LogP contribution in [0.1, 0.15) is 25.3 Å². The topological polar surface area (TPSA) is 93.7 Å². The second kappa shape index (κ2) is 10.7. The molecule has 0 heterocycles. The van der Waals surface area contributed by atoms with E-state index in [1.54, 1.807) is 36.4 Å². The normalized spacial score (nSPS) is 10.1. The smallest absolute Gasteiger partial charge is 0.306 e. The molecule has 2 rings (SSSR count). The van der Waals surface area contributed by atoms with E-state index < -0.39 is 18.5 Å². The van der Waals surface area contributed by atoms with E-state index >= 15 is 0 Å². The van der Waals surface area contributed by atoms with Gasteiger partial charge in [0.25, 0.3) is 5.91 Å². The standard InChI is InChI=1S/C21H24N2O5/c1-3-27-18-10-8-17(9-11-18)23-20(25)14-28-21(26)13-12-19(24)22-16-6-4-15(2)5-7-16/h4-11H,3,12-14H2,1-2H3,(H,22,24)(H,23,25). The van der Waals surface area contributed by atoms with Gasteiger partial charge in [-0.05, 0) is 50.2 Å². The number of rotatable bonds is 9. The third kappa shape index (κ3) is 7.49. The van der Waals surface area contributed by atoms with Crippen molar-refractivity contribution in [1.82, 2.24) is 0 Å². The van der Waals surface area contributed by atoms with Gasteiger partial charge in [0.2, 0.25) is 5.91 Å². The zero-order chi connectivity index (χ0) is 20.4. The van der Waals surface area contributed by atoms with E-state index in [2.05, 4.69) is 10.6 Å². The Morgan fingerprint density at radius 1 is 0.821 bits per heavy atom. The SMILES string of the molecule is CCOc1ccc(NC(=O)COC(=O)CCC(=O)Nc2ccc(C)cc2)cc1. The van der Waals surface area contributed by atoms with Crippen molar-refractivity contribution in [2.24, 2.45) is 0 Å². The van der Waals surface area contributed by atoms with Crippen molar-refractivity contribution in [2.45, 2.75) is 26.7 Å². The number of nitrogens with one attached hydrogen (secondary N) is 2. The first-order valence-electron chi connectivity index (χ1n) is 9.01. The molecule has 0 aliphatic carbocycles. The minimum absolute atomic E-state index is 0.0206. The molecule has 0 saturated heterocycles. The van der Waals surface area contributed by atoms with Gasteiger partial charge >= 0.3 is 5.97 Å². The number of hydrogen-bond acceptors (Lipinski definition) is 5. The molecule has 0 aromatic heterocycles. The van der Waals surface area contributed by atoms with Gasteiger partial charge in [0.1, 0.15) is 5.75 Å². The summed E-state index contributed by atoms with van der Waals surface area (Å²) in [6.45, 7) is 3.99. The Kier molecular flexibility index (Phi) is 8.02. The van der Waals surface area contributed by atoms with E-state index in [1.807, 2.05) is 26.0 Å². The number of carbonyl (C=O) groups excluding carboxylic acids is 3. The summed E-state index contributed by atoms with van der Waals surface area (Å²) in [5.74, 6) is -0.655. The summed E-state index contributed by atoms with van der Waals surface area (Å²) in [6, 6.07) is 14.2. The fourth-order valence-electron chi connectivity index (χ4n) is 2.29. The van der Waals surface area contributed by atoms with Gasteiger partial charge in [-0.25, -0.2) is 0 Å². The Labute approximate surface area is 164 Å². The Bertz CT molecular complexity index is 801. The molecule has 7 heteroatoms. The monoisotopic (exact) mass is 384 g/mol. The lowest BCUT2D eigenvalue weighted by Gasteiger charge is -2.08. The Morgan fingerprint density at radius 3 is 2.00 bits per heavy atom. The number of ether oxygens (including phenoxy) is 2. The molecule has 28 heavy (non-hydrogen) atoms. The van der Waals surface area contributed by atoms with Crippen molar-refractivity contribution in [3.63, 3.8) is 0 Å². The van der Waals surface area contributed by atoms with Gasteiger partial charge in [0.15, 0.2) is 6.61 Å². The molecule has 2 N–H and O–H groups in total. The predicted octanol–water partition coefficient (Wildman–Crippen LogP) is 3.29. The molecule has 0 spiro atoms. The molecule has 0 aliphatic heterocycles. The Hall–Kier alpha value is -3.35. The van der Waals surface area contributed by atoms with Crippen LogP contribution in [0.3, 0.4) is 0 Å². The molecular weight excluding hydrogens is 360 g/mol. The van der Waals surface area contributed by atoms with Crippen LogP contribution < -0.4 is 15.4 Å². The van der Waals surface area contributed by atoms with Gasteiger partial charge in [0, 0.05) is 17.8 Å². The quantitative estimate of drug-likeness (QED) is 0.647. The summed E-state index contributed by atoms with van der Waals surface area (Å²) in [5, 5.41) is 5.32. The van der Waals surface area contributed by atoms with Gasteiger partial charge in [-0.3, -0.25) is 14.4 Å². The van der Waals surface area contributed by atoms with Crippen LogP contribution in [0.2, 0.25) is 0 Å². The van der Waals surface area contributed by atoms with E-state index in [9.17, 15) is 14.4 Å². The summed E-state index contributed by atoms with van der Waals surface area (Å²) in [6.07, 6.45) is -0.124. The highest BCUT2D eigenvalue weighted by Crippen LogP contribution is 2.15. The predicted molar refractivity (Wildman–Crippen MR) is 106 cm³/mol. The zero-order valence-electron chi connectivity index (χ0n) is 16.0. The number of esters is 1. The van der Waals surface area contributed by atoms with Crippen LogP contribution in [0.15, 0.2) is 48.5 Å². The number of carbonyl (C=O) groups is 3. The fraction of sp³-hybridized carbons (Fsp3) is 0.286. The lowest BCUT2D eigenvalue weighted by Crippen LogP contribution is -2.21. The molecule has 0 atom stereocenters. The maximum Gasteiger partial charge on any atom is 0.306 e. The van der Waals surface area contributed by atoms with Gasteiger partial charge in [-0.2, -0.15) is 0 Å². The minimum Gasteiger partial charge on any atom is -0.494 e. The van der Waals surface area contributed by atoms with Gasteiger partial charge in [-0.1, -0.05) is 17.7 Å². The first-order chi connectivity index (χ1) is 13.5. The lowest BCUT2D eigenvalue weighted by molar-refractivity contribution is -0.147. The summed E-state index contributed by atoms with van der Waals surface area (Å²) in [7, 11) is 0. The summed E-state index contributed by atoms with van der Waals surface area (Å²) in [5.41, 5.74) is 2.32. The molecule has 2 aromatic rings. The first-order valence-corrected chi connectivity index (χ1v) is 9.01. The number of aryl methyl sites for hydroxylation is 1. The van der Waals surface area contributed by atoms with Crippen molar-refractivity contribution in [2.75, 3.05) is 23.8 Å². The molecule has 0 saturated carbocycles. The van der Waals surface area contributed by atoms with E-state index in [0.29, 0.717) is 23.7 Å². The molecule has 0 aliphatic rings. The van der Waals surface area contributed by atoms with Gasteiger partial charge < -0.3 is 20.1 Å². The maximum absolute atomic E-state index is 11.8. The van der Waals surface area contributed by atoms with Crippen LogP contribution in [0.25, 0.3) is 0 Å². The molecule has 2 aromatic carbocycles. The number of anilines is 2. The highest BCUT2D eigenvalue weighted by atomic mass is 16.5. The molecular formula is C21H24N2O5. The van der Waals surface area contributed by atoms with Crippen LogP contribution in [0.5, 0.6) is 5.75 Å². The molecule has 7 nitrogen and oxygen atoms in total. The van der Waals surface area contributed by atoms with Crippen LogP contribution in [-0.4, -0.2) is 31.0 Å². The van der Waals surface area contributed by atoms with Crippen molar-refractivity contribution < 1.29 is 23.9 Å². The van der Waals surface area contributed by atoms with Crippen molar-refractivity contribution >= 4 is 29.2 Å². The highest BCUT2D eigenvalue weighted by Gasteiger charge is 2.11. The van der Waals surface area contributed by atoms with Crippen LogP contribution in [0, 0.1) is 6.92 Å². The summed E-state index contributed by atoms with van der Waals surface area (Å²) < 4.78 is 10.2. The minimum atomic E-state index is -0.610. The maximum atomic E-state index is 11.8. The lowest BCUT2D eigenvalue weighted by atomic mass is 10.2. The summed E-state index contributed by atoms with van der Waals surface area (Å²) in [4.78, 5) is 35.4. The van der Waals surface area contributed by atoms with Crippen molar-refractivity contribution in [3.8, 4) is 5.75 Å². The molecule has 0 unspecified atom stereocenters. The Morgan fingerprint density at radius 2 is 1.39 bits per heavy atom. The van der Waals surface area contributed by atoms with E-state index in [-0.39, 0.29) is 18.7 Å². The molecule has 0 fully saturated rings. The Balaban J connectivity index is 1.66. The first kappa shape index (κ1) is 21.0. The average Bonchev–Trinajstić information content (AvgIpc) is 2.68. The second-order valence-electron chi connectivity index (χ2n) is 6.08. The molecule has 0 bridgehead atoms. The van der Waals surface area contributed by atoms with E-state index in [4.69, 9.17) is 9.47 Å². The molecule has 148 valence electrons. The number of amides is 2. The average molecular weight is 384 g/mol. The third-order valence-electron chi connectivity index (χ3n) is 3.70. The van der Waals surface area contributed by atoms with E-state index in [1.165, 1.54) is 0 Å². The third-order valence-corrected chi connectivity index (χ3v) is 3.70. The van der Waals surface area contributed by atoms with Crippen LogP contribution >= 0.6 is 0 Å². The number of benzene rings is 2. The van der Waals surface area contributed by atoms with Gasteiger partial charge in [0.05, 0.1) is 13.0 Å². The van der Waals surface area contributed by atoms with Crippen molar-refractivity contribution in [1.29, 1.82) is 0 Å². The largest absolute Gasteiger partial charge is 0.494 e. The van der Waals surface area contributed by atoms with Crippen LogP contribution in [0.4, 0.5) is 11.4 Å². The second-order valence-corrected chi connectivity index (χ2v) is 6.08. The molecule has 2 amide bonds. The summed E-state index contributed by atoms with van der Waals surface area (Å²) >= 11 is 0. The zero-order valence-corrected chi connectivity index (χ0v) is 16.0. The van der Waals surface area contributed by atoms with Crippen LogP contribution in [-0.2, 0) is 19.1 Å². The van der Waals surface area contributed by atoms with E-state index in [0.717, 1.165) is 5.56 Å². The molecule has 0 radical (unpaired) electrons. The number of hydrogen-bond donors (Lipinski definition) is 2. The highest BCUT2D eigenvalue weighted by molar-refractivity contribution is 5.94.